The Hall–Kier alpha value is -15.0. The van der Waals surface area contributed by atoms with E-state index in [0.29, 0.717) is 96.3 Å². The highest BCUT2D eigenvalue weighted by molar-refractivity contribution is 6.30. The third-order valence-electron chi connectivity index (χ3n) is 28.7. The predicted octanol–water partition coefficient (Wildman–Crippen LogP) is 13.1. The molecule has 0 radical (unpaired) electrons. The van der Waals surface area contributed by atoms with E-state index < -0.39 is 47.8 Å². The van der Waals surface area contributed by atoms with Crippen molar-refractivity contribution in [3.05, 3.63) is 250 Å². The molecule has 12 heterocycles. The summed E-state index contributed by atoms with van der Waals surface area (Å²) in [6.45, 7) is 13.7. The van der Waals surface area contributed by atoms with Crippen molar-refractivity contribution in [2.75, 3.05) is 84.0 Å². The number of likely N-dealkylation sites (N-methyl/N-ethyl adjacent to an activating group) is 4. The zero-order valence-electron chi connectivity index (χ0n) is 86.3. The molecule has 12 atom stereocenters. The highest BCUT2D eigenvalue weighted by atomic mass is 35.5. The molecule has 146 heavy (non-hydrogen) atoms. The average Bonchev–Trinajstić information content (AvgIpc) is 0.813. The molecular formula is C109H135ClN24O12. The molecular weight excluding hydrogens is 1870 g/mol. The molecule has 36 nitrogen and oxygen atoms in total. The van der Waals surface area contributed by atoms with Crippen LogP contribution in [0.3, 0.4) is 0 Å². The lowest BCUT2D eigenvalue weighted by Gasteiger charge is -2.46. The molecule has 37 heteroatoms. The number of aromatic nitrogens is 12. The first-order valence-corrected chi connectivity index (χ1v) is 50.3. The van der Waals surface area contributed by atoms with E-state index in [4.69, 9.17) is 23.1 Å². The number of imide groups is 4. The highest BCUT2D eigenvalue weighted by Crippen LogP contribution is 2.43. The van der Waals surface area contributed by atoms with Crippen LogP contribution in [-0.4, -0.2) is 216 Å². The minimum atomic E-state index is -0.930. The maximum Gasteiger partial charge on any atom is 0.253 e. The molecule has 16 rings (SSSR count). The standard InChI is InChI=1S/C28H33ClN6O3.C28H34N6O3.C27H32N6O3.C26H36N6O3/c1-6-19(20-8-7-9-21(29)15-20)16-24(36)35-25(27(38)34(5)28-31-10-11-33(28)4)22(26(35)37)13-18-12-17(2)32-23(14-18)30-3;1-6-20(21-10-8-7-9-11-21)17-24(35)34-25(27(37)33(5)28-30-12-13-32(28)4)22(26(34)36)15-19-14-18(2)31-23(16-19)29-3;1-5-19(20-9-7-6-8-10-20)16-24(34)33-25(27(36)32(4)23-11-12-31(3)30-23)21(26(33)35)14-18-13-17(2)29-22(28)15-18;1-4-18(19-8-6-5-7-9-19)16-23(33)32-24(26(35)31(3)22-11-13-30(2)29-22)20(25(32)34)14-17-10-12-28-21(27)15-17/h7-12,14-15,19,22,25H,6,13,16H2,1-5H3,(H,30,32);7-14,16,20,22,25H,6,15,17H2,1-5H3,(H,29,31);6-13,15,19,21,25H,5,14,16H2,1-4H3,(H2,28,29);10-13,15,18-20,24H,4-9,14,16H2,1-3H3,(H2,27,28)/t19-,22+,25-;20-,22+,25-;19-,21+,25-;18-,20+,24-/m0000/s1. The van der Waals surface area contributed by atoms with Gasteiger partial charge in [-0.25, -0.2) is 29.9 Å². The molecule has 4 aliphatic heterocycles. The maximum absolute atomic E-state index is 13.8. The lowest BCUT2D eigenvalue weighted by Crippen LogP contribution is -2.69. The van der Waals surface area contributed by atoms with Crippen molar-refractivity contribution in [1.82, 2.24) is 78.2 Å². The number of aryl methyl sites for hydroxylation is 7. The van der Waals surface area contributed by atoms with Crippen LogP contribution in [0.25, 0.3) is 0 Å². The second-order valence-electron chi connectivity index (χ2n) is 38.6. The number of rotatable bonds is 34. The summed E-state index contributed by atoms with van der Waals surface area (Å²) in [6, 6.07) is 41.4. The quantitative estimate of drug-likeness (QED) is 0.0272. The fourth-order valence-electron chi connectivity index (χ4n) is 20.7. The summed E-state index contributed by atoms with van der Waals surface area (Å²) >= 11 is 6.18. The van der Waals surface area contributed by atoms with E-state index in [1.807, 2.05) is 151 Å². The molecule has 12 amide bonds. The van der Waals surface area contributed by atoms with Crippen molar-refractivity contribution >= 4 is 129 Å². The second kappa shape index (κ2) is 48.6. The molecule has 1 saturated carbocycles. The summed E-state index contributed by atoms with van der Waals surface area (Å²) in [5, 5.41) is 15.3. The topological polar surface area (TPSA) is 430 Å². The number of benzene rings is 3. The number of halogens is 1. The third kappa shape index (κ3) is 25.0. The van der Waals surface area contributed by atoms with E-state index in [1.165, 1.54) is 48.7 Å². The lowest BCUT2D eigenvalue weighted by atomic mass is 9.76. The Morgan fingerprint density at radius 3 is 1.11 bits per heavy atom. The number of amides is 12. The predicted molar refractivity (Wildman–Crippen MR) is 559 cm³/mol. The van der Waals surface area contributed by atoms with E-state index in [9.17, 15) is 57.5 Å². The van der Waals surface area contributed by atoms with E-state index in [1.54, 1.807) is 169 Å². The SMILES string of the molecule is CC[C@@H](CC(=O)N1C(=O)[C@H](Cc2cc(C)nc(N)c2)[C@H]1C(=O)N(C)c1ccn(C)n1)c1ccccc1.CC[C@@H](CC(=O)N1C(=O)[C@H](Cc2cc(C)nc(NC)c2)[C@H]1C(=O)N(C)c1nccn1C)c1cccc(Cl)c1.CC[C@@H](CC(=O)N1C(=O)[C@H](Cc2cc(C)nc(NC)c2)[C@H]1C(=O)N(C)c1nccn1C)c1ccccc1.CC[C@@H](CC(=O)N1C(=O)[C@H](Cc2ccnc(N)c2)[C@H]1C(=O)N(C)c1ccn(C)n1)C1CCCCC1. The van der Waals surface area contributed by atoms with E-state index in [-0.39, 0.29) is 114 Å². The smallest absolute Gasteiger partial charge is 0.253 e. The Morgan fingerprint density at radius 2 is 0.760 bits per heavy atom. The molecule has 5 fully saturated rings. The van der Waals surface area contributed by atoms with Gasteiger partial charge in [0, 0.05) is 174 Å². The summed E-state index contributed by atoms with van der Waals surface area (Å²) in [5.74, 6) is -2.14. The number of carbonyl (C=O) groups is 12. The van der Waals surface area contributed by atoms with Crippen LogP contribution < -0.4 is 41.7 Å². The van der Waals surface area contributed by atoms with E-state index in [0.717, 1.165) is 97.9 Å². The number of β-lactam (4-membered cyclic amide) rings is 4. The number of nitrogens with zero attached hydrogens (tertiary/aromatic N) is 20. The molecule has 1 aliphatic carbocycles. The van der Waals surface area contributed by atoms with Gasteiger partial charge in [0.25, 0.3) is 23.6 Å². The molecule has 3 aromatic carbocycles. The van der Waals surface area contributed by atoms with Crippen molar-refractivity contribution in [3.8, 4) is 0 Å². The van der Waals surface area contributed by atoms with Crippen LogP contribution in [0.15, 0.2) is 189 Å². The van der Waals surface area contributed by atoms with Gasteiger partial charge in [-0.1, -0.05) is 151 Å². The van der Waals surface area contributed by atoms with Gasteiger partial charge in [0.15, 0.2) is 11.6 Å². The van der Waals surface area contributed by atoms with Crippen molar-refractivity contribution in [2.45, 2.75) is 200 Å². The minimum Gasteiger partial charge on any atom is -0.384 e. The van der Waals surface area contributed by atoms with Gasteiger partial charge in [-0.15, -0.1) is 0 Å². The number of hydrogen-bond donors (Lipinski definition) is 4. The first-order chi connectivity index (χ1) is 69.9. The minimum absolute atomic E-state index is 0.0374. The third-order valence-corrected chi connectivity index (χ3v) is 28.9. The zero-order valence-corrected chi connectivity index (χ0v) is 87.1. The number of nitrogen functional groups attached to an aromatic ring is 2. The van der Waals surface area contributed by atoms with Crippen molar-refractivity contribution in [1.29, 1.82) is 0 Å². The number of hydrogen-bond acceptors (Lipinski definition) is 24. The normalized spacial score (nSPS) is 18.7. The van der Waals surface area contributed by atoms with Crippen LogP contribution >= 0.6 is 11.6 Å². The van der Waals surface area contributed by atoms with Gasteiger partial charge in [-0.2, -0.15) is 10.2 Å². The van der Waals surface area contributed by atoms with Crippen LogP contribution in [0, 0.1) is 56.3 Å². The van der Waals surface area contributed by atoms with Gasteiger partial charge in [-0.05, 0) is 195 Å². The average molecular weight is 2010 g/mol. The van der Waals surface area contributed by atoms with Crippen molar-refractivity contribution in [3.63, 3.8) is 0 Å². The van der Waals surface area contributed by atoms with Crippen LogP contribution in [0.2, 0.25) is 5.02 Å². The van der Waals surface area contributed by atoms with Gasteiger partial charge in [0.1, 0.15) is 47.4 Å². The number of anilines is 8. The number of pyridine rings is 4. The van der Waals surface area contributed by atoms with Gasteiger partial charge in [0.05, 0.1) is 23.7 Å². The first-order valence-electron chi connectivity index (χ1n) is 49.9. The number of imidazole rings is 2. The second-order valence-corrected chi connectivity index (χ2v) is 39.0. The number of carbonyl (C=O) groups excluding carboxylic acids is 12. The molecule has 770 valence electrons. The molecule has 5 aliphatic rings. The van der Waals surface area contributed by atoms with Crippen molar-refractivity contribution in [2.24, 2.45) is 63.7 Å². The monoisotopic (exact) mass is 2010 g/mol. The zero-order chi connectivity index (χ0) is 105. The van der Waals surface area contributed by atoms with E-state index >= 15 is 0 Å². The molecule has 0 bridgehead atoms. The summed E-state index contributed by atoms with van der Waals surface area (Å²) in [5.41, 5.74) is 20.4. The van der Waals surface area contributed by atoms with Crippen LogP contribution in [0.5, 0.6) is 0 Å². The van der Waals surface area contributed by atoms with Crippen LogP contribution in [0.4, 0.5) is 46.8 Å². The van der Waals surface area contributed by atoms with Crippen LogP contribution in [0.1, 0.15) is 185 Å². The number of nitrogens with one attached hydrogen (secondary N) is 2. The molecule has 0 spiro atoms. The summed E-state index contributed by atoms with van der Waals surface area (Å²) in [6.07, 6.45) is 22.7. The molecule has 6 N–H and O–H groups in total. The molecule has 4 saturated heterocycles. The Morgan fingerprint density at radius 1 is 0.397 bits per heavy atom. The number of nitrogens with two attached hydrogens (primary N) is 2. The summed E-state index contributed by atoms with van der Waals surface area (Å²) in [4.78, 5) is 198. The van der Waals surface area contributed by atoms with Gasteiger partial charge < -0.3 is 31.2 Å². The molecule has 0 unspecified atom stereocenters. The van der Waals surface area contributed by atoms with Gasteiger partial charge >= 0.3 is 0 Å². The number of likely N-dealkylation sites (tertiary alicyclic amines) is 4. The van der Waals surface area contributed by atoms with Gasteiger partial charge in [0.2, 0.25) is 59.2 Å². The van der Waals surface area contributed by atoms with Crippen LogP contribution in [-0.2, 0) is 111 Å². The largest absolute Gasteiger partial charge is 0.384 e. The Kier molecular flexibility index (Phi) is 36.1. The fraction of sp³-hybridized carbons (Fsp3) is 0.431. The fourth-order valence-corrected chi connectivity index (χ4v) is 20.9. The first kappa shape index (κ1) is 108. The Labute approximate surface area is 857 Å². The Balaban J connectivity index is 0.000000163. The molecule has 8 aromatic heterocycles. The van der Waals surface area contributed by atoms with Gasteiger partial charge in [-0.3, -0.25) is 106 Å². The van der Waals surface area contributed by atoms with E-state index in [2.05, 4.69) is 57.7 Å². The summed E-state index contributed by atoms with van der Waals surface area (Å²) < 4.78 is 6.66. The lowest BCUT2D eigenvalue weighted by molar-refractivity contribution is -0.171. The summed E-state index contributed by atoms with van der Waals surface area (Å²) in [7, 11) is 17.2. The van der Waals surface area contributed by atoms with Crippen molar-refractivity contribution < 1.29 is 57.5 Å². The molecule has 11 aromatic rings. The Bertz CT molecular complexity index is 6510. The highest BCUT2D eigenvalue weighted by Gasteiger charge is 2.60. The maximum atomic E-state index is 13.8.